The summed E-state index contributed by atoms with van der Waals surface area (Å²) in [7, 11) is -3.02. The van der Waals surface area contributed by atoms with Crippen LogP contribution in [0.3, 0.4) is 0 Å². The number of carbonyl (C=O) groups is 2. The van der Waals surface area contributed by atoms with Gasteiger partial charge in [0.15, 0.2) is 9.84 Å². The van der Waals surface area contributed by atoms with Gasteiger partial charge >= 0.3 is 0 Å². The van der Waals surface area contributed by atoms with Gasteiger partial charge in [-0.2, -0.15) is 0 Å². The molecule has 2 fully saturated rings. The third kappa shape index (κ3) is 5.17. The summed E-state index contributed by atoms with van der Waals surface area (Å²) in [5.74, 6) is 0.249. The zero-order valence-electron chi connectivity index (χ0n) is 17.5. The molecule has 1 unspecified atom stereocenters. The molecular formula is C21H31N3O4S. The van der Waals surface area contributed by atoms with Crippen LogP contribution in [0.15, 0.2) is 30.3 Å². The average molecular weight is 422 g/mol. The summed E-state index contributed by atoms with van der Waals surface area (Å²) in [5.41, 5.74) is 0.447. The van der Waals surface area contributed by atoms with Crippen LogP contribution in [0.2, 0.25) is 0 Å². The van der Waals surface area contributed by atoms with Crippen LogP contribution in [-0.2, 0) is 19.4 Å². The van der Waals surface area contributed by atoms with E-state index in [2.05, 4.69) is 0 Å². The van der Waals surface area contributed by atoms with Crippen molar-refractivity contribution in [3.63, 3.8) is 0 Å². The summed E-state index contributed by atoms with van der Waals surface area (Å²) in [6.45, 7) is 8.47. The van der Waals surface area contributed by atoms with Crippen LogP contribution in [0.1, 0.15) is 32.4 Å². The first-order valence-electron chi connectivity index (χ1n) is 10.2. The predicted octanol–water partition coefficient (Wildman–Crippen LogP) is 1.18. The quantitative estimate of drug-likeness (QED) is 0.732. The molecular weight excluding hydrogens is 390 g/mol. The Bertz CT molecular complexity index is 826. The van der Waals surface area contributed by atoms with Crippen molar-refractivity contribution in [1.29, 1.82) is 0 Å². The first-order valence-corrected chi connectivity index (χ1v) is 12.0. The molecule has 29 heavy (non-hydrogen) atoms. The molecule has 0 saturated carbocycles. The van der Waals surface area contributed by atoms with Crippen LogP contribution < -0.4 is 0 Å². The fraction of sp³-hybridized carbons (Fsp3) is 0.619. The van der Waals surface area contributed by atoms with Crippen molar-refractivity contribution in [2.75, 3.05) is 50.8 Å². The Morgan fingerprint density at radius 1 is 0.862 bits per heavy atom. The molecule has 2 saturated heterocycles. The minimum atomic E-state index is -3.02. The zero-order valence-corrected chi connectivity index (χ0v) is 18.3. The topological polar surface area (TPSA) is 78.0 Å². The highest BCUT2D eigenvalue weighted by molar-refractivity contribution is 7.91. The molecule has 0 bridgehead atoms. The highest BCUT2D eigenvalue weighted by atomic mass is 32.2. The standard InChI is InChI=1S/C21H31N3O4S/c1-21(2,3)20(26)24-11-9-23(10-12-24)19(25)18(17-7-5-4-6-8-17)22-13-15-29(27,28)16-14-22/h4-8,18H,9-16H2,1-3H3. The van der Waals surface area contributed by atoms with Gasteiger partial charge in [-0.05, 0) is 5.56 Å². The van der Waals surface area contributed by atoms with Crippen molar-refractivity contribution in [3.8, 4) is 0 Å². The SMILES string of the molecule is CC(C)(C)C(=O)N1CCN(C(=O)C(c2ccccc2)N2CCS(=O)(=O)CC2)CC1. The zero-order chi connectivity index (χ0) is 21.2. The van der Waals surface area contributed by atoms with E-state index in [1.54, 1.807) is 0 Å². The molecule has 2 aliphatic rings. The fourth-order valence-electron chi connectivity index (χ4n) is 3.91. The van der Waals surface area contributed by atoms with E-state index >= 15 is 0 Å². The minimum absolute atomic E-state index is 0.0154. The second-order valence-electron chi connectivity index (χ2n) is 8.87. The van der Waals surface area contributed by atoms with Gasteiger partial charge < -0.3 is 9.80 Å². The maximum absolute atomic E-state index is 13.5. The fourth-order valence-corrected chi connectivity index (χ4v) is 5.14. The van der Waals surface area contributed by atoms with Gasteiger partial charge in [0.05, 0.1) is 11.5 Å². The number of sulfone groups is 1. The summed E-state index contributed by atoms with van der Waals surface area (Å²) in [6.07, 6.45) is 0. The lowest BCUT2D eigenvalue weighted by Gasteiger charge is -2.41. The van der Waals surface area contributed by atoms with Gasteiger partial charge in [-0.15, -0.1) is 0 Å². The van der Waals surface area contributed by atoms with Crippen molar-refractivity contribution in [3.05, 3.63) is 35.9 Å². The number of rotatable bonds is 3. The molecule has 0 aliphatic carbocycles. The summed E-state index contributed by atoms with van der Waals surface area (Å²) in [5, 5.41) is 0. The largest absolute Gasteiger partial charge is 0.339 e. The van der Waals surface area contributed by atoms with E-state index in [0.29, 0.717) is 39.3 Å². The second kappa shape index (κ2) is 8.44. The molecule has 1 aromatic carbocycles. The van der Waals surface area contributed by atoms with Crippen molar-refractivity contribution >= 4 is 21.7 Å². The number of benzene rings is 1. The summed E-state index contributed by atoms with van der Waals surface area (Å²) in [4.78, 5) is 31.6. The van der Waals surface area contributed by atoms with Gasteiger partial charge in [0.2, 0.25) is 11.8 Å². The Morgan fingerprint density at radius 2 is 1.38 bits per heavy atom. The molecule has 2 heterocycles. The number of amides is 2. The van der Waals surface area contributed by atoms with Crippen molar-refractivity contribution in [2.45, 2.75) is 26.8 Å². The molecule has 1 atom stereocenters. The number of hydrogen-bond acceptors (Lipinski definition) is 5. The maximum Gasteiger partial charge on any atom is 0.244 e. The number of nitrogens with zero attached hydrogens (tertiary/aromatic N) is 3. The Labute approximate surface area is 173 Å². The van der Waals surface area contributed by atoms with E-state index in [0.717, 1.165) is 5.56 Å². The number of hydrogen-bond donors (Lipinski definition) is 0. The third-order valence-corrected chi connectivity index (χ3v) is 7.22. The van der Waals surface area contributed by atoms with Crippen molar-refractivity contribution in [1.82, 2.24) is 14.7 Å². The highest BCUT2D eigenvalue weighted by Gasteiger charge is 2.37. The van der Waals surface area contributed by atoms with Crippen molar-refractivity contribution in [2.24, 2.45) is 5.41 Å². The van der Waals surface area contributed by atoms with E-state index in [1.165, 1.54) is 0 Å². The Kier molecular flexibility index (Phi) is 6.33. The summed E-state index contributed by atoms with van der Waals surface area (Å²) in [6, 6.07) is 9.06. The summed E-state index contributed by atoms with van der Waals surface area (Å²) >= 11 is 0. The van der Waals surface area contributed by atoms with Crippen LogP contribution in [0.4, 0.5) is 0 Å². The molecule has 0 aromatic heterocycles. The third-order valence-electron chi connectivity index (χ3n) is 5.61. The predicted molar refractivity (Wildman–Crippen MR) is 112 cm³/mol. The maximum atomic E-state index is 13.5. The highest BCUT2D eigenvalue weighted by Crippen LogP contribution is 2.26. The molecule has 0 radical (unpaired) electrons. The number of carbonyl (C=O) groups excluding carboxylic acids is 2. The molecule has 2 amide bonds. The Hall–Kier alpha value is -1.93. The van der Waals surface area contributed by atoms with Gasteiger partial charge in [-0.25, -0.2) is 8.42 Å². The van der Waals surface area contributed by atoms with Crippen molar-refractivity contribution < 1.29 is 18.0 Å². The average Bonchev–Trinajstić information content (AvgIpc) is 2.69. The van der Waals surface area contributed by atoms with Crippen LogP contribution in [0, 0.1) is 5.41 Å². The van der Waals surface area contributed by atoms with E-state index in [1.807, 2.05) is 65.8 Å². The monoisotopic (exact) mass is 421 g/mol. The smallest absolute Gasteiger partial charge is 0.244 e. The van der Waals surface area contributed by atoms with Crippen LogP contribution in [0.5, 0.6) is 0 Å². The Balaban J connectivity index is 1.74. The molecule has 2 aliphatic heterocycles. The minimum Gasteiger partial charge on any atom is -0.339 e. The molecule has 0 N–H and O–H groups in total. The molecule has 8 heteroatoms. The lowest BCUT2D eigenvalue weighted by Crippen LogP contribution is -2.56. The lowest BCUT2D eigenvalue weighted by molar-refractivity contribution is -0.147. The van der Waals surface area contributed by atoms with Gasteiger partial charge in [-0.3, -0.25) is 14.5 Å². The van der Waals surface area contributed by atoms with Crippen LogP contribution in [-0.4, -0.2) is 85.7 Å². The molecule has 160 valence electrons. The molecule has 1 aromatic rings. The molecule has 7 nitrogen and oxygen atoms in total. The van der Waals surface area contributed by atoms with Gasteiger partial charge in [0.25, 0.3) is 0 Å². The van der Waals surface area contributed by atoms with E-state index in [-0.39, 0.29) is 23.3 Å². The first kappa shape index (κ1) is 21.8. The van der Waals surface area contributed by atoms with Gasteiger partial charge in [0.1, 0.15) is 6.04 Å². The summed E-state index contributed by atoms with van der Waals surface area (Å²) < 4.78 is 23.7. The van der Waals surface area contributed by atoms with Gasteiger partial charge in [0, 0.05) is 44.7 Å². The van der Waals surface area contributed by atoms with E-state index < -0.39 is 21.3 Å². The van der Waals surface area contributed by atoms with Crippen LogP contribution in [0.25, 0.3) is 0 Å². The van der Waals surface area contributed by atoms with E-state index in [9.17, 15) is 18.0 Å². The van der Waals surface area contributed by atoms with Crippen LogP contribution >= 0.6 is 0 Å². The number of piperazine rings is 1. The molecule has 0 spiro atoms. The normalized spacial score (nSPS) is 21.6. The molecule has 3 rings (SSSR count). The first-order chi connectivity index (χ1) is 13.6. The van der Waals surface area contributed by atoms with E-state index in [4.69, 9.17) is 0 Å². The van der Waals surface area contributed by atoms with Gasteiger partial charge in [-0.1, -0.05) is 51.1 Å². The Morgan fingerprint density at radius 3 is 1.90 bits per heavy atom. The second-order valence-corrected chi connectivity index (χ2v) is 11.2. The lowest BCUT2D eigenvalue weighted by atomic mass is 9.94.